The Morgan fingerprint density at radius 2 is 1.70 bits per heavy atom. The van der Waals surface area contributed by atoms with Crippen LogP contribution in [0.5, 0.6) is 5.75 Å². The summed E-state index contributed by atoms with van der Waals surface area (Å²) in [6.45, 7) is 3.54. The maximum atomic E-state index is 13.1. The largest absolute Gasteiger partial charge is 0.497 e. The molecule has 3 rings (SSSR count). The van der Waals surface area contributed by atoms with Gasteiger partial charge < -0.3 is 29.3 Å². The minimum Gasteiger partial charge on any atom is -0.497 e. The van der Waals surface area contributed by atoms with Crippen LogP contribution in [0.15, 0.2) is 63.8 Å². The molecule has 0 saturated carbocycles. The topological polar surface area (TPSA) is 133 Å². The van der Waals surface area contributed by atoms with E-state index in [1.54, 1.807) is 32.0 Å². The van der Waals surface area contributed by atoms with Gasteiger partial charge in [-0.25, -0.2) is 14.4 Å². The summed E-state index contributed by atoms with van der Waals surface area (Å²) in [5, 5.41) is 5.78. The lowest BCUT2D eigenvalue weighted by Gasteiger charge is -2.24. The lowest BCUT2D eigenvalue weighted by atomic mass is 10.00. The first-order valence-corrected chi connectivity index (χ1v) is 11.7. The first-order chi connectivity index (χ1) is 17.7. The summed E-state index contributed by atoms with van der Waals surface area (Å²) in [5.41, 5.74) is 0.931. The van der Waals surface area contributed by atoms with Crippen molar-refractivity contribution in [1.29, 1.82) is 0 Å². The predicted molar refractivity (Wildman–Crippen MR) is 135 cm³/mol. The number of esters is 1. The van der Waals surface area contributed by atoms with Crippen molar-refractivity contribution in [3.8, 4) is 5.75 Å². The number of fused-ring (bicyclic) bond motifs is 1. The Kier molecular flexibility index (Phi) is 9.26. The van der Waals surface area contributed by atoms with Gasteiger partial charge in [0.2, 0.25) is 5.91 Å². The summed E-state index contributed by atoms with van der Waals surface area (Å²) in [6, 6.07) is 13.2. The molecule has 0 unspecified atom stereocenters. The molecule has 2 N–H and O–H groups in total. The molecule has 0 fully saturated rings. The van der Waals surface area contributed by atoms with Crippen molar-refractivity contribution in [1.82, 2.24) is 10.6 Å². The molecular weight excluding hydrogens is 480 g/mol. The molecule has 0 aliphatic rings. The van der Waals surface area contributed by atoms with Crippen LogP contribution in [-0.2, 0) is 32.1 Å². The van der Waals surface area contributed by atoms with Gasteiger partial charge in [-0.3, -0.25) is 4.79 Å². The summed E-state index contributed by atoms with van der Waals surface area (Å²) in [4.78, 5) is 50.3. The second kappa shape index (κ2) is 12.6. The highest BCUT2D eigenvalue weighted by molar-refractivity contribution is 5.90. The number of hydrogen-bond donors (Lipinski definition) is 2. The highest BCUT2D eigenvalue weighted by Gasteiger charge is 2.30. The van der Waals surface area contributed by atoms with Gasteiger partial charge in [0, 0.05) is 23.9 Å². The van der Waals surface area contributed by atoms with E-state index in [1.165, 1.54) is 20.3 Å². The average Bonchev–Trinajstić information content (AvgIpc) is 2.89. The molecule has 10 heteroatoms. The molecule has 1 heterocycles. The Morgan fingerprint density at radius 3 is 2.35 bits per heavy atom. The zero-order valence-electron chi connectivity index (χ0n) is 21.1. The lowest BCUT2D eigenvalue weighted by molar-refractivity contribution is -0.145. The number of nitrogens with one attached hydrogen (secondary N) is 2. The molecular formula is C27H30N2O8. The van der Waals surface area contributed by atoms with E-state index >= 15 is 0 Å². The highest BCUT2D eigenvalue weighted by Crippen LogP contribution is 2.23. The standard InChI is InChI=1S/C27H30N2O8/c1-16(2)24(29-27(33)36-15-17-8-6-5-7-9-17)25(31)28-21(26(32)35-4)12-18-13-23(30)37-22-14-19(34-3)10-11-20(18)22/h5-11,13-14,16,21,24H,12,15H2,1-4H3,(H,28,31)(H,29,33)/t21-,24-/m0/s1. The van der Waals surface area contributed by atoms with E-state index in [4.69, 9.17) is 18.6 Å². The summed E-state index contributed by atoms with van der Waals surface area (Å²) in [6.07, 6.45) is -0.816. The Hall–Kier alpha value is -4.34. The molecule has 3 aromatic rings. The summed E-state index contributed by atoms with van der Waals surface area (Å²) < 4.78 is 20.6. The third-order valence-electron chi connectivity index (χ3n) is 5.70. The third-order valence-corrected chi connectivity index (χ3v) is 5.70. The van der Waals surface area contributed by atoms with Gasteiger partial charge in [0.15, 0.2) is 0 Å². The Bertz CT molecular complexity index is 1300. The second-order valence-corrected chi connectivity index (χ2v) is 8.67. The van der Waals surface area contributed by atoms with E-state index in [0.29, 0.717) is 16.7 Å². The van der Waals surface area contributed by atoms with Crippen LogP contribution >= 0.6 is 0 Å². The van der Waals surface area contributed by atoms with Crippen molar-refractivity contribution in [2.24, 2.45) is 5.92 Å². The zero-order chi connectivity index (χ0) is 26.9. The maximum Gasteiger partial charge on any atom is 0.408 e. The fraction of sp³-hybridized carbons (Fsp3) is 0.333. The van der Waals surface area contributed by atoms with Crippen molar-refractivity contribution < 1.29 is 33.0 Å². The molecule has 2 amide bonds. The molecule has 2 aromatic carbocycles. The molecule has 0 saturated heterocycles. The molecule has 0 radical (unpaired) electrons. The minimum absolute atomic E-state index is 0.0400. The smallest absolute Gasteiger partial charge is 0.408 e. The minimum atomic E-state index is -1.13. The van der Waals surface area contributed by atoms with Gasteiger partial charge in [-0.15, -0.1) is 0 Å². The normalized spacial score (nSPS) is 12.5. The van der Waals surface area contributed by atoms with Crippen LogP contribution in [0.2, 0.25) is 0 Å². The Balaban J connectivity index is 1.76. The monoisotopic (exact) mass is 510 g/mol. The van der Waals surface area contributed by atoms with Crippen molar-refractivity contribution in [3.63, 3.8) is 0 Å². The maximum absolute atomic E-state index is 13.1. The molecule has 2 atom stereocenters. The second-order valence-electron chi connectivity index (χ2n) is 8.67. The van der Waals surface area contributed by atoms with Crippen LogP contribution < -0.4 is 21.0 Å². The summed E-state index contributed by atoms with van der Waals surface area (Å²) in [7, 11) is 2.69. The van der Waals surface area contributed by atoms with E-state index in [2.05, 4.69) is 10.6 Å². The van der Waals surface area contributed by atoms with Crippen molar-refractivity contribution >= 4 is 28.9 Å². The van der Waals surface area contributed by atoms with E-state index in [1.807, 2.05) is 30.3 Å². The molecule has 1 aromatic heterocycles. The van der Waals surface area contributed by atoms with Crippen LogP contribution in [0.25, 0.3) is 11.0 Å². The van der Waals surface area contributed by atoms with Crippen LogP contribution in [0.1, 0.15) is 25.0 Å². The number of hydrogen-bond acceptors (Lipinski definition) is 8. The van der Waals surface area contributed by atoms with Crippen LogP contribution in [0.4, 0.5) is 4.79 Å². The van der Waals surface area contributed by atoms with Gasteiger partial charge >= 0.3 is 17.7 Å². The number of carbonyl (C=O) groups is 3. The number of alkyl carbamates (subject to hydrolysis) is 1. The quantitative estimate of drug-likeness (QED) is 0.314. The molecule has 0 spiro atoms. The molecule has 37 heavy (non-hydrogen) atoms. The van der Waals surface area contributed by atoms with Crippen molar-refractivity contribution in [2.45, 2.75) is 39.0 Å². The van der Waals surface area contributed by atoms with Gasteiger partial charge in [0.05, 0.1) is 14.2 Å². The Morgan fingerprint density at radius 1 is 0.973 bits per heavy atom. The average molecular weight is 511 g/mol. The van der Waals surface area contributed by atoms with Gasteiger partial charge in [0.25, 0.3) is 0 Å². The fourth-order valence-corrected chi connectivity index (χ4v) is 3.75. The molecule has 10 nitrogen and oxygen atoms in total. The molecule has 0 aliphatic carbocycles. The third kappa shape index (κ3) is 7.33. The van der Waals surface area contributed by atoms with E-state index < -0.39 is 35.7 Å². The van der Waals surface area contributed by atoms with E-state index in [0.717, 1.165) is 5.56 Å². The molecule has 0 aliphatic heterocycles. The van der Waals surface area contributed by atoms with Gasteiger partial charge in [-0.1, -0.05) is 44.2 Å². The first kappa shape index (κ1) is 27.3. The highest BCUT2D eigenvalue weighted by atomic mass is 16.5. The van der Waals surface area contributed by atoms with E-state index in [9.17, 15) is 19.2 Å². The van der Waals surface area contributed by atoms with E-state index in [-0.39, 0.29) is 24.5 Å². The number of ether oxygens (including phenoxy) is 3. The number of carbonyl (C=O) groups excluding carboxylic acids is 3. The SMILES string of the molecule is COC(=O)[C@H](Cc1cc(=O)oc2cc(OC)ccc12)NC(=O)[C@@H](NC(=O)OCc1ccccc1)C(C)C. The first-order valence-electron chi connectivity index (χ1n) is 11.7. The lowest BCUT2D eigenvalue weighted by Crippen LogP contribution is -2.54. The zero-order valence-corrected chi connectivity index (χ0v) is 21.1. The number of amides is 2. The van der Waals surface area contributed by atoms with Gasteiger partial charge in [-0.2, -0.15) is 0 Å². The summed E-state index contributed by atoms with van der Waals surface area (Å²) in [5.74, 6) is -1.14. The summed E-state index contributed by atoms with van der Waals surface area (Å²) >= 11 is 0. The number of benzene rings is 2. The van der Waals surface area contributed by atoms with Crippen LogP contribution in [-0.4, -0.2) is 44.3 Å². The van der Waals surface area contributed by atoms with Gasteiger partial charge in [-0.05, 0) is 29.2 Å². The van der Waals surface area contributed by atoms with Gasteiger partial charge in [0.1, 0.15) is 30.0 Å². The van der Waals surface area contributed by atoms with Crippen molar-refractivity contribution in [3.05, 3.63) is 76.1 Å². The molecule has 196 valence electrons. The fourth-order valence-electron chi connectivity index (χ4n) is 3.75. The molecule has 0 bridgehead atoms. The van der Waals surface area contributed by atoms with Crippen molar-refractivity contribution in [2.75, 3.05) is 14.2 Å². The predicted octanol–water partition coefficient (Wildman–Crippen LogP) is 2.95. The van der Waals surface area contributed by atoms with Crippen LogP contribution in [0.3, 0.4) is 0 Å². The van der Waals surface area contributed by atoms with Crippen LogP contribution in [0, 0.1) is 5.92 Å². The Labute approximate surface area is 213 Å². The number of rotatable bonds is 10. The number of methoxy groups -OCH3 is 2.